The van der Waals surface area contributed by atoms with Crippen molar-refractivity contribution < 1.29 is 8.78 Å². The number of hydrogen-bond donors (Lipinski definition) is 0. The van der Waals surface area contributed by atoms with Crippen LogP contribution in [0.4, 0.5) is 8.78 Å². The first-order valence-corrected chi connectivity index (χ1v) is 5.59. The lowest BCUT2D eigenvalue weighted by atomic mass is 9.86. The molecule has 0 amide bonds. The van der Waals surface area contributed by atoms with Crippen molar-refractivity contribution in [3.63, 3.8) is 0 Å². The number of benzene rings is 1. The van der Waals surface area contributed by atoms with Crippen molar-refractivity contribution in [3.8, 4) is 0 Å². The Labute approximate surface area is 95.4 Å². The molecule has 0 fully saturated rings. The Morgan fingerprint density at radius 3 is 2.36 bits per heavy atom. The molecule has 0 saturated heterocycles. The highest BCUT2D eigenvalue weighted by molar-refractivity contribution is 9.09. The van der Waals surface area contributed by atoms with Gasteiger partial charge in [0.1, 0.15) is 11.6 Å². The molecule has 0 aliphatic carbocycles. The molecule has 1 aromatic rings. The molecule has 0 N–H and O–H groups in total. The van der Waals surface area contributed by atoms with Crippen LogP contribution in [0.2, 0.25) is 5.02 Å². The van der Waals surface area contributed by atoms with Gasteiger partial charge in [0.25, 0.3) is 0 Å². The van der Waals surface area contributed by atoms with Crippen LogP contribution >= 0.6 is 27.5 Å². The molecule has 0 atom stereocenters. The Hall–Kier alpha value is -0.150. The molecule has 14 heavy (non-hydrogen) atoms. The van der Waals surface area contributed by atoms with Crippen LogP contribution in [0.5, 0.6) is 0 Å². The fourth-order valence-electron chi connectivity index (χ4n) is 1.11. The SMILES string of the molecule is CC(C)(CBr)c1cc(F)c(Cl)cc1F. The van der Waals surface area contributed by atoms with Crippen LogP contribution in [-0.2, 0) is 5.41 Å². The molecule has 1 rings (SSSR count). The number of alkyl halides is 1. The molecular weight excluding hydrogens is 273 g/mol. The van der Waals surface area contributed by atoms with Crippen molar-refractivity contribution in [1.82, 2.24) is 0 Å². The van der Waals surface area contributed by atoms with E-state index in [1.165, 1.54) is 0 Å². The minimum atomic E-state index is -0.586. The first kappa shape index (κ1) is 11.9. The van der Waals surface area contributed by atoms with Crippen molar-refractivity contribution in [2.75, 3.05) is 5.33 Å². The third-order valence-corrected chi connectivity index (χ3v) is 3.76. The van der Waals surface area contributed by atoms with Crippen LogP contribution in [0.25, 0.3) is 0 Å². The fraction of sp³-hybridized carbons (Fsp3) is 0.400. The molecule has 0 saturated carbocycles. The van der Waals surface area contributed by atoms with Crippen LogP contribution in [-0.4, -0.2) is 5.33 Å². The van der Waals surface area contributed by atoms with E-state index in [9.17, 15) is 8.78 Å². The second-order valence-corrected chi connectivity index (χ2v) is 4.73. The van der Waals surface area contributed by atoms with Gasteiger partial charge in [0.15, 0.2) is 0 Å². The van der Waals surface area contributed by atoms with E-state index in [1.54, 1.807) is 0 Å². The lowest BCUT2D eigenvalue weighted by molar-refractivity contribution is 0.519. The van der Waals surface area contributed by atoms with Crippen molar-refractivity contribution in [2.24, 2.45) is 0 Å². The summed E-state index contributed by atoms with van der Waals surface area (Å²) in [6.07, 6.45) is 0. The van der Waals surface area contributed by atoms with Crippen LogP contribution in [0.15, 0.2) is 12.1 Å². The maximum Gasteiger partial charge on any atom is 0.142 e. The zero-order valence-electron chi connectivity index (χ0n) is 7.87. The van der Waals surface area contributed by atoms with Gasteiger partial charge in [0, 0.05) is 10.7 Å². The lowest BCUT2D eigenvalue weighted by Crippen LogP contribution is -2.20. The zero-order chi connectivity index (χ0) is 10.9. The summed E-state index contributed by atoms with van der Waals surface area (Å²) in [6, 6.07) is 2.16. The van der Waals surface area contributed by atoms with Gasteiger partial charge in [-0.1, -0.05) is 41.4 Å². The summed E-state index contributed by atoms with van der Waals surface area (Å²) in [6.45, 7) is 3.65. The van der Waals surface area contributed by atoms with E-state index in [1.807, 2.05) is 13.8 Å². The van der Waals surface area contributed by atoms with Gasteiger partial charge < -0.3 is 0 Å². The van der Waals surface area contributed by atoms with Crippen molar-refractivity contribution >= 4 is 27.5 Å². The van der Waals surface area contributed by atoms with Gasteiger partial charge in [-0.15, -0.1) is 0 Å². The molecule has 0 spiro atoms. The largest absolute Gasteiger partial charge is 0.207 e. The molecule has 0 radical (unpaired) electrons. The third kappa shape index (κ3) is 2.26. The van der Waals surface area contributed by atoms with Crippen LogP contribution in [0.1, 0.15) is 19.4 Å². The first-order valence-electron chi connectivity index (χ1n) is 4.09. The molecule has 0 aliphatic rings. The summed E-state index contributed by atoms with van der Waals surface area (Å²) in [7, 11) is 0. The molecule has 0 aromatic heterocycles. The van der Waals surface area contributed by atoms with Crippen molar-refractivity contribution in [3.05, 3.63) is 34.4 Å². The van der Waals surface area contributed by atoms with E-state index >= 15 is 0 Å². The Bertz CT molecular complexity index is 350. The molecule has 0 nitrogen and oxygen atoms in total. The normalized spacial score (nSPS) is 11.9. The highest BCUT2D eigenvalue weighted by Crippen LogP contribution is 2.30. The minimum Gasteiger partial charge on any atom is -0.207 e. The Morgan fingerprint density at radius 2 is 1.86 bits per heavy atom. The smallest absolute Gasteiger partial charge is 0.142 e. The predicted octanol–water partition coefficient (Wildman–Crippen LogP) is 4.29. The molecule has 0 unspecified atom stereocenters. The average Bonchev–Trinajstić information content (AvgIpc) is 2.11. The van der Waals surface area contributed by atoms with E-state index < -0.39 is 17.0 Å². The predicted molar refractivity (Wildman–Crippen MR) is 58.2 cm³/mol. The topological polar surface area (TPSA) is 0 Å². The molecule has 0 aliphatic heterocycles. The van der Waals surface area contributed by atoms with Gasteiger partial charge in [0.2, 0.25) is 0 Å². The fourth-order valence-corrected chi connectivity index (χ4v) is 1.57. The molecule has 0 heterocycles. The van der Waals surface area contributed by atoms with Crippen molar-refractivity contribution in [1.29, 1.82) is 0 Å². The summed E-state index contributed by atoms with van der Waals surface area (Å²) in [5.41, 5.74) is -0.119. The summed E-state index contributed by atoms with van der Waals surface area (Å²) < 4.78 is 26.6. The number of halogens is 4. The van der Waals surface area contributed by atoms with Gasteiger partial charge in [-0.3, -0.25) is 0 Å². The monoisotopic (exact) mass is 282 g/mol. The maximum atomic E-state index is 13.4. The van der Waals surface area contributed by atoms with Crippen molar-refractivity contribution in [2.45, 2.75) is 19.3 Å². The van der Waals surface area contributed by atoms with Crippen LogP contribution < -0.4 is 0 Å². The second kappa shape index (κ2) is 4.15. The van der Waals surface area contributed by atoms with Gasteiger partial charge in [-0.25, -0.2) is 8.78 Å². The maximum absolute atomic E-state index is 13.4. The Morgan fingerprint density at radius 1 is 1.29 bits per heavy atom. The van der Waals surface area contributed by atoms with Gasteiger partial charge >= 0.3 is 0 Å². The summed E-state index contributed by atoms with van der Waals surface area (Å²) in [5, 5.41) is 0.370. The first-order chi connectivity index (χ1) is 6.38. The minimum absolute atomic E-state index is 0.184. The Balaban J connectivity index is 3.29. The quantitative estimate of drug-likeness (QED) is 0.561. The van der Waals surface area contributed by atoms with E-state index in [0.717, 1.165) is 12.1 Å². The zero-order valence-corrected chi connectivity index (χ0v) is 10.2. The lowest BCUT2D eigenvalue weighted by Gasteiger charge is -2.23. The van der Waals surface area contributed by atoms with E-state index in [-0.39, 0.29) is 5.02 Å². The number of rotatable bonds is 2. The Kier molecular flexibility index (Phi) is 3.53. The standard InChI is InChI=1S/C10H10BrClF2/c1-10(2,5-11)6-3-9(14)7(12)4-8(6)13/h3-4H,5H2,1-2H3. The van der Waals surface area contributed by atoms with Gasteiger partial charge in [-0.2, -0.15) is 0 Å². The molecule has 78 valence electrons. The highest BCUT2D eigenvalue weighted by Gasteiger charge is 2.24. The molecule has 4 heteroatoms. The summed E-state index contributed by atoms with van der Waals surface area (Å²) in [4.78, 5) is 0. The average molecular weight is 284 g/mol. The van der Waals surface area contributed by atoms with E-state index in [4.69, 9.17) is 11.6 Å². The second-order valence-electron chi connectivity index (χ2n) is 3.76. The summed E-state index contributed by atoms with van der Waals surface area (Å²) >= 11 is 8.72. The van der Waals surface area contributed by atoms with Crippen LogP contribution in [0.3, 0.4) is 0 Å². The van der Waals surface area contributed by atoms with Gasteiger partial charge in [0.05, 0.1) is 5.02 Å². The van der Waals surface area contributed by atoms with E-state index in [2.05, 4.69) is 15.9 Å². The van der Waals surface area contributed by atoms with E-state index in [0.29, 0.717) is 10.9 Å². The summed E-state index contributed by atoms with van der Waals surface area (Å²) in [5.74, 6) is -1.06. The molecule has 1 aromatic carbocycles. The van der Waals surface area contributed by atoms with Crippen LogP contribution in [0, 0.1) is 11.6 Å². The number of hydrogen-bond acceptors (Lipinski definition) is 0. The highest BCUT2D eigenvalue weighted by atomic mass is 79.9. The third-order valence-electron chi connectivity index (χ3n) is 2.07. The molecular formula is C10H10BrClF2. The molecule has 0 bridgehead atoms. The van der Waals surface area contributed by atoms with Gasteiger partial charge in [-0.05, 0) is 17.7 Å².